The molecule has 1 aromatic rings. The molecule has 0 aromatic carbocycles. The molecule has 1 fully saturated rings. The number of carbonyl (C=O) groups excluding carboxylic acids is 3. The highest BCUT2D eigenvalue weighted by Crippen LogP contribution is 2.34. The maximum absolute atomic E-state index is 12.4. The number of rotatable bonds is 1. The van der Waals surface area contributed by atoms with Gasteiger partial charge in [0.1, 0.15) is 6.04 Å². The van der Waals surface area contributed by atoms with Crippen LogP contribution >= 0.6 is 0 Å². The van der Waals surface area contributed by atoms with E-state index in [-0.39, 0.29) is 24.3 Å². The third-order valence-electron chi connectivity index (χ3n) is 3.66. The minimum atomic E-state index is -0.589. The topological polar surface area (TPSA) is 79.4 Å². The van der Waals surface area contributed by atoms with Crippen LogP contribution < -0.4 is 5.32 Å². The summed E-state index contributed by atoms with van der Waals surface area (Å²) in [5.74, 6) is -0.870. The molecule has 3 amide bonds. The highest BCUT2D eigenvalue weighted by molar-refractivity contribution is 6.05. The number of fused-ring (bicyclic) bond motifs is 1. The van der Waals surface area contributed by atoms with Gasteiger partial charge in [-0.2, -0.15) is 0 Å². The average Bonchev–Trinajstić information content (AvgIpc) is 2.64. The molecule has 2 unspecified atom stereocenters. The van der Waals surface area contributed by atoms with Crippen LogP contribution in [0.5, 0.6) is 0 Å². The predicted molar refractivity (Wildman–Crippen MR) is 65.0 cm³/mol. The number of imide groups is 1. The standard InChI is InChI=1S/C13H13N3O3/c1-7-11-8(3-2-6-14-11)13(19)16(7)9-4-5-10(17)15-12(9)18/h2-3,6-7,9H,4-5H2,1H3,(H,15,17,18). The van der Waals surface area contributed by atoms with Gasteiger partial charge in [-0.15, -0.1) is 0 Å². The van der Waals surface area contributed by atoms with Crippen molar-refractivity contribution in [3.05, 3.63) is 29.6 Å². The Morgan fingerprint density at radius 1 is 1.37 bits per heavy atom. The average molecular weight is 259 g/mol. The van der Waals surface area contributed by atoms with Crippen molar-refractivity contribution in [2.24, 2.45) is 0 Å². The second kappa shape index (κ2) is 4.15. The lowest BCUT2D eigenvalue weighted by atomic mass is 10.0. The summed E-state index contributed by atoms with van der Waals surface area (Å²) in [4.78, 5) is 41.2. The number of hydrogen-bond donors (Lipinski definition) is 1. The number of aromatic nitrogens is 1. The Morgan fingerprint density at radius 2 is 2.16 bits per heavy atom. The van der Waals surface area contributed by atoms with Crippen molar-refractivity contribution in [2.45, 2.75) is 31.8 Å². The summed E-state index contributed by atoms with van der Waals surface area (Å²) in [5.41, 5.74) is 1.23. The van der Waals surface area contributed by atoms with Gasteiger partial charge in [0.15, 0.2) is 0 Å². The Morgan fingerprint density at radius 3 is 2.84 bits per heavy atom. The zero-order chi connectivity index (χ0) is 13.6. The molecule has 0 radical (unpaired) electrons. The summed E-state index contributed by atoms with van der Waals surface area (Å²) in [6, 6.07) is 2.59. The van der Waals surface area contributed by atoms with Gasteiger partial charge >= 0.3 is 0 Å². The zero-order valence-corrected chi connectivity index (χ0v) is 10.4. The van der Waals surface area contributed by atoms with Gasteiger partial charge in [-0.3, -0.25) is 24.7 Å². The van der Waals surface area contributed by atoms with Gasteiger partial charge in [0.25, 0.3) is 5.91 Å². The van der Waals surface area contributed by atoms with Gasteiger partial charge in [-0.05, 0) is 25.5 Å². The number of pyridine rings is 1. The van der Waals surface area contributed by atoms with Crippen molar-refractivity contribution in [3.63, 3.8) is 0 Å². The number of nitrogens with zero attached hydrogens (tertiary/aromatic N) is 2. The van der Waals surface area contributed by atoms with E-state index in [0.29, 0.717) is 17.7 Å². The van der Waals surface area contributed by atoms with Crippen molar-refractivity contribution in [1.82, 2.24) is 15.2 Å². The SMILES string of the molecule is CC1c2ncccc2C(=O)N1C1CCC(=O)NC1=O. The normalized spacial score (nSPS) is 26.4. The predicted octanol–water partition coefficient (Wildman–Crippen LogP) is 0.404. The van der Waals surface area contributed by atoms with E-state index in [9.17, 15) is 14.4 Å². The molecule has 2 aliphatic rings. The van der Waals surface area contributed by atoms with Gasteiger partial charge in [-0.25, -0.2) is 0 Å². The molecule has 2 aliphatic heterocycles. The monoisotopic (exact) mass is 259 g/mol. The Kier molecular flexibility index (Phi) is 2.58. The second-order valence-corrected chi connectivity index (χ2v) is 4.79. The minimum Gasteiger partial charge on any atom is -0.318 e. The van der Waals surface area contributed by atoms with Crippen molar-refractivity contribution >= 4 is 17.7 Å². The Balaban J connectivity index is 1.94. The smallest absolute Gasteiger partial charge is 0.257 e. The van der Waals surface area contributed by atoms with Crippen LogP contribution in [0.15, 0.2) is 18.3 Å². The van der Waals surface area contributed by atoms with Gasteiger partial charge in [0.05, 0.1) is 17.3 Å². The van der Waals surface area contributed by atoms with Crippen molar-refractivity contribution in [1.29, 1.82) is 0 Å². The molecule has 0 aliphatic carbocycles. The molecule has 6 heteroatoms. The summed E-state index contributed by atoms with van der Waals surface area (Å²) in [5, 5.41) is 2.28. The lowest BCUT2D eigenvalue weighted by Gasteiger charge is -2.32. The molecule has 0 spiro atoms. The van der Waals surface area contributed by atoms with Crippen molar-refractivity contribution < 1.29 is 14.4 Å². The number of carbonyl (C=O) groups is 3. The van der Waals surface area contributed by atoms with Crippen LogP contribution in [0.4, 0.5) is 0 Å². The molecule has 98 valence electrons. The summed E-state index contributed by atoms with van der Waals surface area (Å²) in [6.45, 7) is 1.85. The lowest BCUT2D eigenvalue weighted by Crippen LogP contribution is -2.53. The molecular weight excluding hydrogens is 246 g/mol. The molecule has 3 heterocycles. The molecule has 6 nitrogen and oxygen atoms in total. The lowest BCUT2D eigenvalue weighted by molar-refractivity contribution is -0.137. The van der Waals surface area contributed by atoms with E-state index in [4.69, 9.17) is 0 Å². The summed E-state index contributed by atoms with van der Waals surface area (Å²) >= 11 is 0. The highest BCUT2D eigenvalue weighted by atomic mass is 16.2. The molecule has 3 rings (SSSR count). The van der Waals surface area contributed by atoms with E-state index in [0.717, 1.165) is 0 Å². The molecule has 1 aromatic heterocycles. The van der Waals surface area contributed by atoms with Gasteiger partial charge in [0, 0.05) is 12.6 Å². The maximum Gasteiger partial charge on any atom is 0.257 e. The van der Waals surface area contributed by atoms with Crippen LogP contribution in [0.3, 0.4) is 0 Å². The maximum atomic E-state index is 12.4. The van der Waals surface area contributed by atoms with Crippen LogP contribution in [0.2, 0.25) is 0 Å². The van der Waals surface area contributed by atoms with E-state index < -0.39 is 11.9 Å². The van der Waals surface area contributed by atoms with E-state index in [1.807, 2.05) is 6.92 Å². The molecule has 2 atom stereocenters. The second-order valence-electron chi connectivity index (χ2n) is 4.79. The summed E-state index contributed by atoms with van der Waals surface area (Å²) in [7, 11) is 0. The summed E-state index contributed by atoms with van der Waals surface area (Å²) in [6.07, 6.45) is 2.27. The minimum absolute atomic E-state index is 0.190. The van der Waals surface area contributed by atoms with Crippen molar-refractivity contribution in [2.75, 3.05) is 0 Å². The van der Waals surface area contributed by atoms with E-state index in [1.165, 1.54) is 4.90 Å². The molecule has 0 bridgehead atoms. The van der Waals surface area contributed by atoms with Crippen LogP contribution in [0, 0.1) is 0 Å². The van der Waals surface area contributed by atoms with Gasteiger partial charge in [-0.1, -0.05) is 0 Å². The largest absolute Gasteiger partial charge is 0.318 e. The zero-order valence-electron chi connectivity index (χ0n) is 10.4. The van der Waals surface area contributed by atoms with E-state index >= 15 is 0 Å². The first-order valence-corrected chi connectivity index (χ1v) is 6.21. The number of piperidine rings is 1. The fraction of sp³-hybridized carbons (Fsp3) is 0.385. The van der Waals surface area contributed by atoms with Gasteiger partial charge < -0.3 is 4.90 Å². The Labute approximate surface area is 109 Å². The fourth-order valence-corrected chi connectivity index (χ4v) is 2.74. The van der Waals surface area contributed by atoms with Crippen LogP contribution in [-0.2, 0) is 9.59 Å². The van der Waals surface area contributed by atoms with E-state index in [2.05, 4.69) is 10.3 Å². The third-order valence-corrected chi connectivity index (χ3v) is 3.66. The first kappa shape index (κ1) is 11.8. The Bertz CT molecular complexity index is 584. The first-order valence-electron chi connectivity index (χ1n) is 6.21. The highest BCUT2D eigenvalue weighted by Gasteiger charge is 2.43. The quantitative estimate of drug-likeness (QED) is 0.740. The number of amides is 3. The van der Waals surface area contributed by atoms with Crippen molar-refractivity contribution in [3.8, 4) is 0 Å². The molecule has 1 N–H and O–H groups in total. The number of hydrogen-bond acceptors (Lipinski definition) is 4. The summed E-state index contributed by atoms with van der Waals surface area (Å²) < 4.78 is 0. The molecular formula is C13H13N3O3. The Hall–Kier alpha value is -2.24. The van der Waals surface area contributed by atoms with Crippen LogP contribution in [0.1, 0.15) is 41.9 Å². The van der Waals surface area contributed by atoms with E-state index in [1.54, 1.807) is 18.3 Å². The van der Waals surface area contributed by atoms with Crippen LogP contribution in [-0.4, -0.2) is 33.6 Å². The third kappa shape index (κ3) is 1.71. The molecule has 0 saturated carbocycles. The first-order chi connectivity index (χ1) is 9.09. The van der Waals surface area contributed by atoms with Crippen LogP contribution in [0.25, 0.3) is 0 Å². The molecule has 19 heavy (non-hydrogen) atoms. The fourth-order valence-electron chi connectivity index (χ4n) is 2.74. The molecule has 1 saturated heterocycles. The number of nitrogens with one attached hydrogen (secondary N) is 1. The van der Waals surface area contributed by atoms with Gasteiger partial charge in [0.2, 0.25) is 11.8 Å².